The molecule has 0 saturated carbocycles. The SMILES string of the molecule is Cc1ccccc1OC[C@@H](C)NC(=S)Nc1ccc(N2CCCC2=O)cc1. The van der Waals surface area contributed by atoms with Crippen LogP contribution in [0.5, 0.6) is 5.75 Å². The largest absolute Gasteiger partial charge is 0.491 e. The molecule has 1 heterocycles. The normalized spacial score (nSPS) is 14.7. The Balaban J connectivity index is 1.47. The maximum atomic E-state index is 11.8. The van der Waals surface area contributed by atoms with Gasteiger partial charge < -0.3 is 20.3 Å². The quantitative estimate of drug-likeness (QED) is 0.742. The Morgan fingerprint density at radius 1 is 1.22 bits per heavy atom. The zero-order valence-corrected chi connectivity index (χ0v) is 16.5. The summed E-state index contributed by atoms with van der Waals surface area (Å²) in [5.41, 5.74) is 2.93. The monoisotopic (exact) mass is 383 g/mol. The number of anilines is 2. The van der Waals surface area contributed by atoms with E-state index in [0.717, 1.165) is 35.7 Å². The highest BCUT2D eigenvalue weighted by Crippen LogP contribution is 2.23. The minimum absolute atomic E-state index is 0.0612. The predicted octanol–water partition coefficient (Wildman–Crippen LogP) is 3.88. The third-order valence-corrected chi connectivity index (χ3v) is 4.69. The van der Waals surface area contributed by atoms with Crippen LogP contribution >= 0.6 is 12.2 Å². The molecular formula is C21H25N3O2S. The van der Waals surface area contributed by atoms with Gasteiger partial charge in [0.2, 0.25) is 5.91 Å². The first-order valence-corrected chi connectivity index (χ1v) is 9.60. The predicted molar refractivity (Wildman–Crippen MR) is 114 cm³/mol. The van der Waals surface area contributed by atoms with Gasteiger partial charge in [-0.15, -0.1) is 0 Å². The molecule has 2 N–H and O–H groups in total. The highest BCUT2D eigenvalue weighted by Gasteiger charge is 2.21. The molecule has 0 aromatic heterocycles. The van der Waals surface area contributed by atoms with Gasteiger partial charge in [-0.1, -0.05) is 18.2 Å². The smallest absolute Gasteiger partial charge is 0.227 e. The lowest BCUT2D eigenvalue weighted by atomic mass is 10.2. The van der Waals surface area contributed by atoms with Crippen LogP contribution in [0.4, 0.5) is 11.4 Å². The fraction of sp³-hybridized carbons (Fsp3) is 0.333. The number of aryl methyl sites for hydroxylation is 1. The number of nitrogens with zero attached hydrogens (tertiary/aromatic N) is 1. The van der Waals surface area contributed by atoms with Crippen LogP contribution in [0.2, 0.25) is 0 Å². The molecule has 0 radical (unpaired) electrons. The van der Waals surface area contributed by atoms with Crippen LogP contribution in [0.3, 0.4) is 0 Å². The first-order chi connectivity index (χ1) is 13.0. The minimum atomic E-state index is 0.0612. The van der Waals surface area contributed by atoms with E-state index in [-0.39, 0.29) is 11.9 Å². The summed E-state index contributed by atoms with van der Waals surface area (Å²) in [5, 5.41) is 6.94. The molecule has 1 amide bonds. The van der Waals surface area contributed by atoms with E-state index in [1.807, 2.05) is 67.3 Å². The van der Waals surface area contributed by atoms with E-state index in [2.05, 4.69) is 10.6 Å². The summed E-state index contributed by atoms with van der Waals surface area (Å²) in [5.74, 6) is 1.08. The van der Waals surface area contributed by atoms with E-state index in [0.29, 0.717) is 18.1 Å². The fourth-order valence-electron chi connectivity index (χ4n) is 3.01. The minimum Gasteiger partial charge on any atom is -0.491 e. The Morgan fingerprint density at radius 3 is 2.63 bits per heavy atom. The van der Waals surface area contributed by atoms with Crippen molar-refractivity contribution in [3.8, 4) is 5.75 Å². The lowest BCUT2D eigenvalue weighted by Gasteiger charge is -2.19. The number of benzene rings is 2. The number of thiocarbonyl (C=S) groups is 1. The summed E-state index contributed by atoms with van der Waals surface area (Å²) in [6.07, 6.45) is 1.56. The second kappa shape index (κ2) is 8.86. The van der Waals surface area contributed by atoms with E-state index in [4.69, 9.17) is 17.0 Å². The van der Waals surface area contributed by atoms with Gasteiger partial charge in [-0.25, -0.2) is 0 Å². The molecule has 5 nitrogen and oxygen atoms in total. The molecule has 2 aromatic rings. The fourth-order valence-corrected chi connectivity index (χ4v) is 3.33. The van der Waals surface area contributed by atoms with Crippen LogP contribution in [-0.2, 0) is 4.79 Å². The van der Waals surface area contributed by atoms with E-state index in [1.165, 1.54) is 0 Å². The topological polar surface area (TPSA) is 53.6 Å². The van der Waals surface area contributed by atoms with E-state index < -0.39 is 0 Å². The van der Waals surface area contributed by atoms with E-state index >= 15 is 0 Å². The number of para-hydroxylation sites is 1. The maximum Gasteiger partial charge on any atom is 0.227 e. The van der Waals surface area contributed by atoms with Crippen LogP contribution in [0, 0.1) is 6.92 Å². The Bertz CT molecular complexity index is 807. The number of rotatable bonds is 6. The second-order valence-electron chi connectivity index (χ2n) is 6.77. The summed E-state index contributed by atoms with van der Waals surface area (Å²) in [4.78, 5) is 13.6. The van der Waals surface area contributed by atoms with Crippen molar-refractivity contribution in [3.05, 3.63) is 54.1 Å². The number of nitrogens with one attached hydrogen (secondary N) is 2. The van der Waals surface area contributed by atoms with Crippen molar-refractivity contribution in [1.82, 2.24) is 5.32 Å². The van der Waals surface area contributed by atoms with Crippen molar-refractivity contribution in [2.45, 2.75) is 32.7 Å². The van der Waals surface area contributed by atoms with Gasteiger partial charge in [-0.3, -0.25) is 4.79 Å². The molecule has 6 heteroatoms. The number of ether oxygens (including phenoxy) is 1. The molecule has 0 unspecified atom stereocenters. The van der Waals surface area contributed by atoms with Gasteiger partial charge in [0.25, 0.3) is 0 Å². The number of carbonyl (C=O) groups is 1. The number of amides is 1. The van der Waals surface area contributed by atoms with Gasteiger partial charge in [0, 0.05) is 24.3 Å². The summed E-state index contributed by atoms with van der Waals surface area (Å²) >= 11 is 5.39. The lowest BCUT2D eigenvalue weighted by molar-refractivity contribution is -0.117. The zero-order valence-electron chi connectivity index (χ0n) is 15.7. The van der Waals surface area contributed by atoms with Crippen molar-refractivity contribution in [2.75, 3.05) is 23.4 Å². The molecule has 1 fully saturated rings. The molecule has 3 rings (SSSR count). The standard InChI is InChI=1S/C21H25N3O2S/c1-15-6-3-4-7-19(15)26-14-16(2)22-21(27)23-17-9-11-18(12-10-17)24-13-5-8-20(24)25/h3-4,6-7,9-12,16H,5,8,13-14H2,1-2H3,(H2,22,23,27)/t16-/m1/s1. The van der Waals surface area contributed by atoms with Crippen molar-refractivity contribution in [1.29, 1.82) is 0 Å². The van der Waals surface area contributed by atoms with Crippen LogP contribution in [0.1, 0.15) is 25.3 Å². The molecule has 2 aromatic carbocycles. The van der Waals surface area contributed by atoms with Gasteiger partial charge in [-0.05, 0) is 68.4 Å². The Hall–Kier alpha value is -2.60. The first-order valence-electron chi connectivity index (χ1n) is 9.19. The summed E-state index contributed by atoms with van der Waals surface area (Å²) in [7, 11) is 0. The molecule has 0 aliphatic carbocycles. The average Bonchev–Trinajstić information content (AvgIpc) is 3.07. The number of carbonyl (C=O) groups excluding carboxylic acids is 1. The highest BCUT2D eigenvalue weighted by molar-refractivity contribution is 7.80. The van der Waals surface area contributed by atoms with Gasteiger partial charge in [0.15, 0.2) is 5.11 Å². The summed E-state index contributed by atoms with van der Waals surface area (Å²) in [6.45, 7) is 5.36. The van der Waals surface area contributed by atoms with Gasteiger partial charge >= 0.3 is 0 Å². The van der Waals surface area contributed by atoms with Gasteiger partial charge in [0.1, 0.15) is 12.4 Å². The van der Waals surface area contributed by atoms with Crippen LogP contribution < -0.4 is 20.3 Å². The van der Waals surface area contributed by atoms with Crippen molar-refractivity contribution >= 4 is 34.6 Å². The molecule has 1 aliphatic rings. The molecule has 1 aliphatic heterocycles. The Kier molecular flexibility index (Phi) is 6.29. The Labute approximate surface area is 165 Å². The van der Waals surface area contributed by atoms with Crippen LogP contribution in [0.25, 0.3) is 0 Å². The maximum absolute atomic E-state index is 11.8. The number of hydrogen-bond acceptors (Lipinski definition) is 3. The molecule has 1 saturated heterocycles. The number of hydrogen-bond donors (Lipinski definition) is 2. The van der Waals surface area contributed by atoms with Crippen molar-refractivity contribution in [2.24, 2.45) is 0 Å². The van der Waals surface area contributed by atoms with Crippen molar-refractivity contribution < 1.29 is 9.53 Å². The molecule has 27 heavy (non-hydrogen) atoms. The lowest BCUT2D eigenvalue weighted by Crippen LogP contribution is -2.39. The third-order valence-electron chi connectivity index (χ3n) is 4.47. The van der Waals surface area contributed by atoms with Crippen LogP contribution in [0.15, 0.2) is 48.5 Å². The van der Waals surface area contributed by atoms with Gasteiger partial charge in [0.05, 0.1) is 6.04 Å². The van der Waals surface area contributed by atoms with Crippen LogP contribution in [-0.4, -0.2) is 30.2 Å². The zero-order chi connectivity index (χ0) is 19.2. The summed E-state index contributed by atoms with van der Waals surface area (Å²) < 4.78 is 5.85. The first kappa shape index (κ1) is 19.2. The molecule has 1 atom stereocenters. The molecule has 0 bridgehead atoms. The van der Waals surface area contributed by atoms with E-state index in [1.54, 1.807) is 0 Å². The van der Waals surface area contributed by atoms with Crippen molar-refractivity contribution in [3.63, 3.8) is 0 Å². The highest BCUT2D eigenvalue weighted by atomic mass is 32.1. The molecular weight excluding hydrogens is 358 g/mol. The van der Waals surface area contributed by atoms with E-state index in [9.17, 15) is 4.79 Å². The Morgan fingerprint density at radius 2 is 1.96 bits per heavy atom. The third kappa shape index (κ3) is 5.20. The molecule has 0 spiro atoms. The second-order valence-corrected chi connectivity index (χ2v) is 7.18. The summed E-state index contributed by atoms with van der Waals surface area (Å²) in [6, 6.07) is 15.8. The average molecular weight is 384 g/mol. The van der Waals surface area contributed by atoms with Gasteiger partial charge in [-0.2, -0.15) is 0 Å². The molecule has 142 valence electrons.